The molecule has 0 bridgehead atoms. The van der Waals surface area contributed by atoms with Crippen molar-refractivity contribution in [1.82, 2.24) is 20.2 Å². The molecule has 0 fully saturated rings. The summed E-state index contributed by atoms with van der Waals surface area (Å²) in [7, 11) is -4.41. The van der Waals surface area contributed by atoms with Crippen molar-refractivity contribution in [3.63, 3.8) is 0 Å². The highest BCUT2D eigenvalue weighted by Gasteiger charge is 2.27. The minimum atomic E-state index is -4.41. The smallest absolute Gasteiger partial charge is 0.185 e. The first-order valence-electron chi connectivity index (χ1n) is 9.99. The molecular weight excluding hydrogens is 508 g/mol. The fourth-order valence-electron chi connectivity index (χ4n) is 3.78. The van der Waals surface area contributed by atoms with E-state index in [0.29, 0.717) is 16.9 Å². The maximum absolute atomic E-state index is 15.4. The molecule has 0 aliphatic rings. The molecule has 0 spiro atoms. The second-order valence-corrected chi connectivity index (χ2v) is 9.93. The van der Waals surface area contributed by atoms with Gasteiger partial charge in [-0.1, -0.05) is 29.8 Å². The van der Waals surface area contributed by atoms with Gasteiger partial charge in [0.1, 0.15) is 27.7 Å². The summed E-state index contributed by atoms with van der Waals surface area (Å²) in [4.78, 5) is 6.19. The maximum Gasteiger partial charge on any atom is 0.185 e. The second-order valence-electron chi connectivity index (χ2n) is 7.57. The van der Waals surface area contributed by atoms with E-state index in [-0.39, 0.29) is 5.52 Å². The van der Waals surface area contributed by atoms with Gasteiger partial charge in [-0.15, -0.1) is 0 Å². The highest BCUT2D eigenvalue weighted by Crippen LogP contribution is 2.36. The summed E-state index contributed by atoms with van der Waals surface area (Å²) >= 11 is 5.66. The fourth-order valence-corrected chi connectivity index (χ4v) is 5.47. The third-order valence-electron chi connectivity index (χ3n) is 5.44. The summed E-state index contributed by atoms with van der Waals surface area (Å²) in [6, 6.07) is 7.69. The Balaban J connectivity index is 1.60. The van der Waals surface area contributed by atoms with Crippen molar-refractivity contribution in [2.24, 2.45) is 0 Å². The SMILES string of the molecule is O=S(=O)(Cc1ccc(F)c(-c2ccc3c(-c4ncc[nH]4)[nH]nc3c2F)c1F)c1cccc(Cl)c1F. The molecule has 12 heteroatoms. The molecule has 2 heterocycles. The number of nitrogens with zero attached hydrogens (tertiary/aromatic N) is 2. The number of aromatic amines is 2. The number of nitrogens with one attached hydrogen (secondary N) is 2. The number of imidazole rings is 1. The zero-order valence-corrected chi connectivity index (χ0v) is 19.0. The van der Waals surface area contributed by atoms with Gasteiger partial charge in [0, 0.05) is 28.9 Å². The van der Waals surface area contributed by atoms with Crippen LogP contribution < -0.4 is 0 Å². The minimum Gasteiger partial charge on any atom is -0.343 e. The summed E-state index contributed by atoms with van der Waals surface area (Å²) in [5.74, 6) is -5.22. The molecule has 0 atom stereocenters. The average molecular weight is 521 g/mol. The van der Waals surface area contributed by atoms with Gasteiger partial charge in [-0.05, 0) is 24.3 Å². The molecule has 0 unspecified atom stereocenters. The molecule has 0 saturated carbocycles. The van der Waals surface area contributed by atoms with E-state index in [2.05, 4.69) is 20.2 Å². The molecule has 35 heavy (non-hydrogen) atoms. The van der Waals surface area contributed by atoms with Crippen LogP contribution in [0.2, 0.25) is 5.02 Å². The number of benzene rings is 3. The van der Waals surface area contributed by atoms with Crippen LogP contribution in [0.4, 0.5) is 17.6 Å². The zero-order chi connectivity index (χ0) is 24.9. The number of fused-ring (bicyclic) bond motifs is 1. The highest BCUT2D eigenvalue weighted by atomic mass is 35.5. The molecule has 0 radical (unpaired) electrons. The standard InChI is InChI=1S/C23H13ClF4N4O2S/c24-14-2-1-3-16(20(14)28)35(33,34)10-11-4-7-15(25)17(18(11)26)12-5-6-13-21(19(12)27)31-32-22(13)23-29-8-9-30-23/h1-9H,10H2,(H,29,30)(H,31,32). The van der Waals surface area contributed by atoms with Gasteiger partial charge in [0.25, 0.3) is 0 Å². The van der Waals surface area contributed by atoms with Crippen LogP contribution in [-0.4, -0.2) is 28.6 Å². The summed E-state index contributed by atoms with van der Waals surface area (Å²) in [6.45, 7) is 0. The molecule has 3 aromatic carbocycles. The Morgan fingerprint density at radius 3 is 2.49 bits per heavy atom. The first-order chi connectivity index (χ1) is 16.7. The Labute approximate surface area is 200 Å². The van der Waals surface area contributed by atoms with Crippen molar-refractivity contribution < 1.29 is 26.0 Å². The summed E-state index contributed by atoms with van der Waals surface area (Å²) in [5.41, 5.74) is -1.52. The first-order valence-corrected chi connectivity index (χ1v) is 12.0. The Morgan fingerprint density at radius 2 is 1.74 bits per heavy atom. The second kappa shape index (κ2) is 8.51. The predicted octanol–water partition coefficient (Wildman–Crippen LogP) is 5.80. The zero-order valence-electron chi connectivity index (χ0n) is 17.4. The lowest BCUT2D eigenvalue weighted by molar-refractivity contribution is 0.559. The summed E-state index contributed by atoms with van der Waals surface area (Å²) in [5, 5.41) is 6.44. The molecule has 0 aliphatic heterocycles. The molecule has 5 aromatic rings. The minimum absolute atomic E-state index is 0.188. The van der Waals surface area contributed by atoms with E-state index in [0.717, 1.165) is 30.3 Å². The number of aromatic nitrogens is 4. The number of rotatable bonds is 5. The van der Waals surface area contributed by atoms with Gasteiger partial charge in [-0.25, -0.2) is 31.0 Å². The van der Waals surface area contributed by atoms with Crippen LogP contribution in [0.25, 0.3) is 33.5 Å². The molecule has 0 aliphatic carbocycles. The maximum atomic E-state index is 15.4. The van der Waals surface area contributed by atoms with Gasteiger partial charge >= 0.3 is 0 Å². The third kappa shape index (κ3) is 3.86. The van der Waals surface area contributed by atoms with Crippen LogP contribution in [0.5, 0.6) is 0 Å². The van der Waals surface area contributed by atoms with Gasteiger partial charge in [0.2, 0.25) is 0 Å². The molecular formula is C23H13ClF4N4O2S. The van der Waals surface area contributed by atoms with E-state index in [1.807, 2.05) is 0 Å². The number of H-pyrrole nitrogens is 2. The molecule has 0 amide bonds. The van der Waals surface area contributed by atoms with E-state index in [9.17, 15) is 17.2 Å². The van der Waals surface area contributed by atoms with Crippen LogP contribution >= 0.6 is 11.6 Å². The van der Waals surface area contributed by atoms with E-state index < -0.39 is 65.5 Å². The van der Waals surface area contributed by atoms with Crippen LogP contribution in [-0.2, 0) is 15.6 Å². The Morgan fingerprint density at radius 1 is 0.943 bits per heavy atom. The molecule has 6 nitrogen and oxygen atoms in total. The molecule has 2 aromatic heterocycles. The number of hydrogen-bond donors (Lipinski definition) is 2. The lowest BCUT2D eigenvalue weighted by Crippen LogP contribution is -2.10. The number of sulfone groups is 1. The predicted molar refractivity (Wildman–Crippen MR) is 121 cm³/mol. The summed E-state index contributed by atoms with van der Waals surface area (Å²) < 4.78 is 85.3. The molecule has 2 N–H and O–H groups in total. The van der Waals surface area contributed by atoms with E-state index in [1.54, 1.807) is 6.20 Å². The third-order valence-corrected chi connectivity index (χ3v) is 7.41. The van der Waals surface area contributed by atoms with Crippen molar-refractivity contribution in [1.29, 1.82) is 0 Å². The first kappa shape index (κ1) is 23.1. The highest BCUT2D eigenvalue weighted by molar-refractivity contribution is 7.90. The number of halogens is 5. The Bertz CT molecular complexity index is 1700. The van der Waals surface area contributed by atoms with Crippen LogP contribution in [0, 0.1) is 23.3 Å². The largest absolute Gasteiger partial charge is 0.343 e. The van der Waals surface area contributed by atoms with Crippen molar-refractivity contribution in [2.45, 2.75) is 10.6 Å². The van der Waals surface area contributed by atoms with E-state index in [1.165, 1.54) is 18.3 Å². The lowest BCUT2D eigenvalue weighted by atomic mass is 9.99. The molecule has 5 rings (SSSR count). The topological polar surface area (TPSA) is 91.5 Å². The van der Waals surface area contributed by atoms with Gasteiger partial charge < -0.3 is 4.98 Å². The summed E-state index contributed by atoms with van der Waals surface area (Å²) in [6.07, 6.45) is 3.05. The van der Waals surface area contributed by atoms with Crippen molar-refractivity contribution >= 4 is 32.3 Å². The van der Waals surface area contributed by atoms with Gasteiger partial charge in [-0.2, -0.15) is 5.10 Å². The Kier molecular flexibility index (Phi) is 5.60. The monoisotopic (exact) mass is 520 g/mol. The molecule has 0 saturated heterocycles. The number of hydrogen-bond acceptors (Lipinski definition) is 4. The Hall–Kier alpha value is -3.70. The quantitative estimate of drug-likeness (QED) is 0.286. The van der Waals surface area contributed by atoms with E-state index >= 15 is 8.78 Å². The van der Waals surface area contributed by atoms with Crippen molar-refractivity contribution in [3.8, 4) is 22.6 Å². The van der Waals surface area contributed by atoms with E-state index in [4.69, 9.17) is 11.6 Å². The van der Waals surface area contributed by atoms with Gasteiger partial charge in [0.05, 0.1) is 16.3 Å². The van der Waals surface area contributed by atoms with Crippen LogP contribution in [0.3, 0.4) is 0 Å². The van der Waals surface area contributed by atoms with Crippen LogP contribution in [0.1, 0.15) is 5.56 Å². The van der Waals surface area contributed by atoms with Crippen molar-refractivity contribution in [3.05, 3.63) is 88.7 Å². The fraction of sp³-hybridized carbons (Fsp3) is 0.0435. The van der Waals surface area contributed by atoms with Gasteiger partial charge in [-0.3, -0.25) is 5.10 Å². The van der Waals surface area contributed by atoms with Crippen LogP contribution in [0.15, 0.2) is 59.8 Å². The average Bonchev–Trinajstić information content (AvgIpc) is 3.49. The normalized spacial score (nSPS) is 11.9. The molecule has 178 valence electrons. The van der Waals surface area contributed by atoms with Crippen molar-refractivity contribution in [2.75, 3.05) is 0 Å². The lowest BCUT2D eigenvalue weighted by Gasteiger charge is -2.12. The van der Waals surface area contributed by atoms with Gasteiger partial charge in [0.15, 0.2) is 27.3 Å².